The fourth-order valence-electron chi connectivity index (χ4n) is 3.02. The summed E-state index contributed by atoms with van der Waals surface area (Å²) in [5, 5.41) is 5.49. The van der Waals surface area contributed by atoms with E-state index >= 15 is 0 Å². The Hall–Kier alpha value is -2.90. The number of carbonyl (C=O) groups excluding carboxylic acids is 1. The Morgan fingerprint density at radius 1 is 1.11 bits per heavy atom. The normalized spacial score (nSPS) is 14.0. The minimum atomic E-state index is -0.213. The van der Waals surface area contributed by atoms with Crippen LogP contribution in [-0.2, 0) is 4.74 Å². The third-order valence-electron chi connectivity index (χ3n) is 4.58. The number of ether oxygens (including phenoxy) is 2. The lowest BCUT2D eigenvalue weighted by Crippen LogP contribution is -2.36. The molecule has 1 saturated heterocycles. The molecule has 1 N–H and O–H groups in total. The van der Waals surface area contributed by atoms with Crippen LogP contribution >= 0.6 is 11.3 Å². The van der Waals surface area contributed by atoms with Gasteiger partial charge in [0, 0.05) is 35.4 Å². The predicted molar refractivity (Wildman–Crippen MR) is 112 cm³/mol. The number of hydrogen-bond donors (Lipinski definition) is 1. The van der Waals surface area contributed by atoms with E-state index in [1.54, 1.807) is 12.5 Å². The van der Waals surface area contributed by atoms with Crippen LogP contribution in [0, 0.1) is 0 Å². The highest BCUT2D eigenvalue weighted by molar-refractivity contribution is 7.13. The molecule has 3 aromatic rings. The van der Waals surface area contributed by atoms with Crippen molar-refractivity contribution in [2.45, 2.75) is 0 Å². The highest BCUT2D eigenvalue weighted by Gasteiger charge is 2.14. The lowest BCUT2D eigenvalue weighted by atomic mass is 10.2. The standard InChI is InChI=1S/C21H21N3O3S/c1-26-18-8-2-15(3-9-18)21-23-19(14-28-21)20(25)22-16-4-6-17(7-5-16)24-10-12-27-13-11-24/h2-9,14H,10-13H2,1H3,(H,22,25). The van der Waals surface area contributed by atoms with Crippen molar-refractivity contribution in [3.63, 3.8) is 0 Å². The van der Waals surface area contributed by atoms with Gasteiger partial charge in [-0.2, -0.15) is 0 Å². The Bertz CT molecular complexity index is 932. The number of hydrogen-bond acceptors (Lipinski definition) is 6. The second-order valence-corrected chi connectivity index (χ2v) is 7.22. The van der Waals surface area contributed by atoms with Gasteiger partial charge >= 0.3 is 0 Å². The number of morpholine rings is 1. The number of carbonyl (C=O) groups is 1. The number of nitrogens with one attached hydrogen (secondary N) is 1. The lowest BCUT2D eigenvalue weighted by molar-refractivity contribution is 0.102. The summed E-state index contributed by atoms with van der Waals surface area (Å²) in [5.74, 6) is 0.578. The first-order chi connectivity index (χ1) is 13.7. The first kappa shape index (κ1) is 18.5. The summed E-state index contributed by atoms with van der Waals surface area (Å²) >= 11 is 1.44. The van der Waals surface area contributed by atoms with Crippen LogP contribution in [0.25, 0.3) is 10.6 Å². The molecular formula is C21H21N3O3S. The van der Waals surface area contributed by atoms with Crippen LogP contribution in [0.15, 0.2) is 53.9 Å². The van der Waals surface area contributed by atoms with E-state index in [1.807, 2.05) is 48.5 Å². The summed E-state index contributed by atoms with van der Waals surface area (Å²) in [7, 11) is 1.63. The van der Waals surface area contributed by atoms with Crippen LogP contribution < -0.4 is 15.0 Å². The molecule has 0 spiro atoms. The first-order valence-corrected chi connectivity index (χ1v) is 9.95. The van der Waals surface area contributed by atoms with Crippen LogP contribution in [0.5, 0.6) is 5.75 Å². The van der Waals surface area contributed by atoms with Crippen LogP contribution in [0.3, 0.4) is 0 Å². The number of anilines is 2. The zero-order valence-corrected chi connectivity index (χ0v) is 16.4. The quantitative estimate of drug-likeness (QED) is 0.710. The molecule has 1 fully saturated rings. The zero-order chi connectivity index (χ0) is 19.3. The van der Waals surface area contributed by atoms with Gasteiger partial charge in [-0.3, -0.25) is 4.79 Å². The SMILES string of the molecule is COc1ccc(-c2nc(C(=O)Nc3ccc(N4CCOCC4)cc3)cs2)cc1. The van der Waals surface area contributed by atoms with E-state index in [-0.39, 0.29) is 5.91 Å². The smallest absolute Gasteiger partial charge is 0.275 e. The summed E-state index contributed by atoms with van der Waals surface area (Å²) in [6.07, 6.45) is 0. The molecule has 0 saturated carbocycles. The Labute approximate surface area is 167 Å². The van der Waals surface area contributed by atoms with Crippen molar-refractivity contribution in [3.05, 3.63) is 59.6 Å². The lowest BCUT2D eigenvalue weighted by Gasteiger charge is -2.28. The highest BCUT2D eigenvalue weighted by atomic mass is 32.1. The van der Waals surface area contributed by atoms with Crippen LogP contribution in [-0.4, -0.2) is 44.3 Å². The van der Waals surface area contributed by atoms with Gasteiger partial charge in [0.05, 0.1) is 20.3 Å². The Balaban J connectivity index is 1.41. The summed E-state index contributed by atoms with van der Waals surface area (Å²) in [6.45, 7) is 3.27. The maximum atomic E-state index is 12.5. The highest BCUT2D eigenvalue weighted by Crippen LogP contribution is 2.26. The summed E-state index contributed by atoms with van der Waals surface area (Å²) in [5.41, 5.74) is 3.26. The number of methoxy groups -OCH3 is 1. The number of aromatic nitrogens is 1. The predicted octanol–water partition coefficient (Wildman–Crippen LogP) is 3.91. The van der Waals surface area contributed by atoms with E-state index in [0.717, 1.165) is 54.0 Å². The topological polar surface area (TPSA) is 63.7 Å². The van der Waals surface area contributed by atoms with E-state index in [4.69, 9.17) is 9.47 Å². The maximum Gasteiger partial charge on any atom is 0.275 e. The van der Waals surface area contributed by atoms with Gasteiger partial charge in [0.2, 0.25) is 0 Å². The Morgan fingerprint density at radius 3 is 2.50 bits per heavy atom. The minimum Gasteiger partial charge on any atom is -0.497 e. The molecule has 0 atom stereocenters. The molecule has 1 aromatic heterocycles. The molecule has 0 radical (unpaired) electrons. The number of benzene rings is 2. The average Bonchev–Trinajstić information content (AvgIpc) is 3.25. The molecule has 2 heterocycles. The molecule has 0 bridgehead atoms. The molecule has 1 aliphatic heterocycles. The van der Waals surface area contributed by atoms with Crippen molar-refractivity contribution in [2.24, 2.45) is 0 Å². The van der Waals surface area contributed by atoms with Crippen molar-refractivity contribution in [1.82, 2.24) is 4.98 Å². The van der Waals surface area contributed by atoms with Gasteiger partial charge in [-0.1, -0.05) is 0 Å². The third kappa shape index (κ3) is 4.16. The monoisotopic (exact) mass is 395 g/mol. The zero-order valence-electron chi connectivity index (χ0n) is 15.6. The van der Waals surface area contributed by atoms with Crippen LogP contribution in [0.2, 0.25) is 0 Å². The van der Waals surface area contributed by atoms with E-state index in [2.05, 4.69) is 15.2 Å². The van der Waals surface area contributed by atoms with Crippen LogP contribution in [0.1, 0.15) is 10.5 Å². The number of amides is 1. The van der Waals surface area contributed by atoms with Crippen LogP contribution in [0.4, 0.5) is 11.4 Å². The number of thiazole rings is 1. The maximum absolute atomic E-state index is 12.5. The molecule has 7 heteroatoms. The van der Waals surface area contributed by atoms with E-state index in [0.29, 0.717) is 5.69 Å². The molecular weight excluding hydrogens is 374 g/mol. The van der Waals surface area contributed by atoms with E-state index in [9.17, 15) is 4.79 Å². The molecule has 144 valence electrons. The Morgan fingerprint density at radius 2 is 1.82 bits per heavy atom. The molecule has 4 rings (SSSR count). The molecule has 1 amide bonds. The Kier molecular flexibility index (Phi) is 5.55. The fourth-order valence-corrected chi connectivity index (χ4v) is 3.82. The molecule has 0 aliphatic carbocycles. The average molecular weight is 395 g/mol. The molecule has 6 nitrogen and oxygen atoms in total. The van der Waals surface area contributed by atoms with Gasteiger partial charge in [0.15, 0.2) is 0 Å². The van der Waals surface area contributed by atoms with Crippen molar-refractivity contribution in [2.75, 3.05) is 43.6 Å². The largest absolute Gasteiger partial charge is 0.497 e. The van der Waals surface area contributed by atoms with Crippen molar-refractivity contribution in [1.29, 1.82) is 0 Å². The van der Waals surface area contributed by atoms with Gasteiger partial charge in [0.25, 0.3) is 5.91 Å². The van der Waals surface area contributed by atoms with Gasteiger partial charge in [0.1, 0.15) is 16.5 Å². The van der Waals surface area contributed by atoms with Crippen molar-refractivity contribution in [3.8, 4) is 16.3 Å². The van der Waals surface area contributed by atoms with Gasteiger partial charge in [-0.25, -0.2) is 4.98 Å². The summed E-state index contributed by atoms with van der Waals surface area (Å²) in [6, 6.07) is 15.5. The second-order valence-electron chi connectivity index (χ2n) is 6.37. The summed E-state index contributed by atoms with van der Waals surface area (Å²) < 4.78 is 10.6. The molecule has 1 aliphatic rings. The molecule has 2 aromatic carbocycles. The van der Waals surface area contributed by atoms with Gasteiger partial charge in [-0.05, 0) is 48.5 Å². The van der Waals surface area contributed by atoms with Gasteiger partial charge in [-0.15, -0.1) is 11.3 Å². The third-order valence-corrected chi connectivity index (χ3v) is 5.47. The minimum absolute atomic E-state index is 0.213. The van der Waals surface area contributed by atoms with E-state index < -0.39 is 0 Å². The van der Waals surface area contributed by atoms with E-state index in [1.165, 1.54) is 11.3 Å². The second kappa shape index (κ2) is 8.41. The molecule has 0 unspecified atom stereocenters. The molecule has 28 heavy (non-hydrogen) atoms. The van der Waals surface area contributed by atoms with Crippen molar-refractivity contribution >= 4 is 28.6 Å². The number of nitrogens with zero attached hydrogens (tertiary/aromatic N) is 2. The fraction of sp³-hybridized carbons (Fsp3) is 0.238. The summed E-state index contributed by atoms with van der Waals surface area (Å²) in [4.78, 5) is 19.3. The van der Waals surface area contributed by atoms with Crippen molar-refractivity contribution < 1.29 is 14.3 Å². The van der Waals surface area contributed by atoms with Gasteiger partial charge < -0.3 is 19.7 Å². The first-order valence-electron chi connectivity index (χ1n) is 9.07. The number of rotatable bonds is 5.